The van der Waals surface area contributed by atoms with E-state index in [0.29, 0.717) is 11.1 Å². The van der Waals surface area contributed by atoms with Crippen LogP contribution in [0.15, 0.2) is 66.5 Å². The maximum atomic E-state index is 14.6. The van der Waals surface area contributed by atoms with Gasteiger partial charge in [-0.1, -0.05) is 74.5 Å². The van der Waals surface area contributed by atoms with E-state index in [1.165, 1.54) is 6.92 Å². The fourth-order valence-corrected chi connectivity index (χ4v) is 3.90. The highest BCUT2D eigenvalue weighted by Crippen LogP contribution is 2.30. The molecule has 0 radical (unpaired) electrons. The normalized spacial score (nSPS) is 13.2. The molecule has 3 aromatic rings. The highest BCUT2D eigenvalue weighted by molar-refractivity contribution is 6.05. The Morgan fingerprint density at radius 3 is 2.08 bits per heavy atom. The second-order valence-electron chi connectivity index (χ2n) is 9.02. The molecule has 0 spiro atoms. The Kier molecular flexibility index (Phi) is 8.84. The fraction of sp³-hybridized carbons (Fsp3) is 0.250. The molecule has 1 heterocycles. The van der Waals surface area contributed by atoms with Crippen LogP contribution in [0.5, 0.6) is 11.8 Å². The van der Waals surface area contributed by atoms with Crippen molar-refractivity contribution in [3.8, 4) is 11.8 Å². The molecule has 8 nitrogen and oxygen atoms in total. The Hall–Kier alpha value is -4.40. The topological polar surface area (TPSA) is 132 Å². The van der Waals surface area contributed by atoms with Crippen molar-refractivity contribution in [1.29, 1.82) is 0 Å². The van der Waals surface area contributed by atoms with Gasteiger partial charge in [0.1, 0.15) is 0 Å². The number of ketones is 1. The number of H-pyrrole nitrogens is 1. The third-order valence-corrected chi connectivity index (χ3v) is 5.92. The smallest absolute Gasteiger partial charge is 0.280 e. The molecule has 3 rings (SSSR count). The van der Waals surface area contributed by atoms with Gasteiger partial charge in [0, 0.05) is 5.56 Å². The zero-order chi connectivity index (χ0) is 27.1. The average molecular weight is 508 g/mol. The van der Waals surface area contributed by atoms with Gasteiger partial charge < -0.3 is 20.8 Å². The Bertz CT molecular complexity index is 1290. The lowest BCUT2D eigenvalue weighted by atomic mass is 9.93. The summed E-state index contributed by atoms with van der Waals surface area (Å²) in [6, 6.07) is 15.3. The van der Waals surface area contributed by atoms with Crippen LogP contribution in [0.2, 0.25) is 0 Å². The lowest BCUT2D eigenvalue weighted by Crippen LogP contribution is -2.45. The molecule has 0 aliphatic rings. The minimum absolute atomic E-state index is 0.113. The van der Waals surface area contributed by atoms with E-state index in [1.54, 1.807) is 74.5 Å². The van der Waals surface area contributed by atoms with Crippen molar-refractivity contribution in [1.82, 2.24) is 15.6 Å². The molecule has 0 aliphatic carbocycles. The summed E-state index contributed by atoms with van der Waals surface area (Å²) in [5.74, 6) is -4.32. The summed E-state index contributed by atoms with van der Waals surface area (Å²) in [5.41, 5.74) is 1.14. The van der Waals surface area contributed by atoms with E-state index in [1.807, 2.05) is 0 Å². The van der Waals surface area contributed by atoms with E-state index in [-0.39, 0.29) is 29.3 Å². The number of rotatable bonds is 10. The largest absolute Gasteiger partial charge is 0.494 e. The summed E-state index contributed by atoms with van der Waals surface area (Å²) < 4.78 is 14.6. The Labute approximate surface area is 214 Å². The Morgan fingerprint density at radius 2 is 1.54 bits per heavy atom. The van der Waals surface area contributed by atoms with Gasteiger partial charge >= 0.3 is 0 Å². The summed E-state index contributed by atoms with van der Waals surface area (Å²) in [5, 5.41) is 25.1. The number of aromatic hydroxyl groups is 2. The predicted octanol–water partition coefficient (Wildman–Crippen LogP) is 4.32. The number of aromatic amines is 1. The molecule has 9 heteroatoms. The van der Waals surface area contributed by atoms with Gasteiger partial charge in [-0.3, -0.25) is 19.4 Å². The minimum Gasteiger partial charge on any atom is -0.494 e. The van der Waals surface area contributed by atoms with Crippen LogP contribution in [0.25, 0.3) is 6.08 Å². The maximum absolute atomic E-state index is 14.6. The predicted molar refractivity (Wildman–Crippen MR) is 137 cm³/mol. The van der Waals surface area contributed by atoms with Crippen molar-refractivity contribution in [3.63, 3.8) is 0 Å². The number of aromatic nitrogens is 1. The van der Waals surface area contributed by atoms with Gasteiger partial charge in [-0.05, 0) is 30.0 Å². The molecule has 0 unspecified atom stereocenters. The summed E-state index contributed by atoms with van der Waals surface area (Å²) in [6.07, 6.45) is 0.834. The molecule has 37 heavy (non-hydrogen) atoms. The van der Waals surface area contributed by atoms with Crippen LogP contribution >= 0.6 is 0 Å². The third-order valence-electron chi connectivity index (χ3n) is 5.92. The summed E-state index contributed by atoms with van der Waals surface area (Å²) in [7, 11) is 0. The van der Waals surface area contributed by atoms with Crippen molar-refractivity contribution in [2.24, 2.45) is 5.92 Å². The molecule has 5 N–H and O–H groups in total. The molecule has 0 aliphatic heterocycles. The van der Waals surface area contributed by atoms with Crippen molar-refractivity contribution in [2.75, 3.05) is 0 Å². The van der Waals surface area contributed by atoms with Gasteiger partial charge in [-0.2, -0.15) is 0 Å². The van der Waals surface area contributed by atoms with Gasteiger partial charge in [0.25, 0.3) is 5.91 Å². The average Bonchev–Trinajstić information content (AvgIpc) is 3.13. The number of carbonyl (C=O) groups excluding carboxylic acids is 3. The van der Waals surface area contributed by atoms with Crippen LogP contribution < -0.4 is 10.6 Å². The second kappa shape index (κ2) is 12.0. The van der Waals surface area contributed by atoms with E-state index in [0.717, 1.165) is 6.08 Å². The van der Waals surface area contributed by atoms with Crippen LogP contribution in [0, 0.1) is 12.8 Å². The zero-order valence-corrected chi connectivity index (χ0v) is 20.8. The van der Waals surface area contributed by atoms with E-state index >= 15 is 0 Å². The lowest BCUT2D eigenvalue weighted by molar-refractivity contribution is -0.123. The first-order chi connectivity index (χ1) is 17.6. The van der Waals surface area contributed by atoms with Crippen LogP contribution in [-0.4, -0.2) is 38.8 Å². The molecule has 2 amide bonds. The van der Waals surface area contributed by atoms with Crippen LogP contribution in [0.4, 0.5) is 4.39 Å². The molecular weight excluding hydrogens is 477 g/mol. The Morgan fingerprint density at radius 1 is 0.946 bits per heavy atom. The molecule has 1 aromatic heterocycles. The number of nitrogens with one attached hydrogen (secondary N) is 3. The van der Waals surface area contributed by atoms with Crippen molar-refractivity contribution in [3.05, 3.63) is 88.7 Å². The van der Waals surface area contributed by atoms with E-state index < -0.39 is 41.4 Å². The third kappa shape index (κ3) is 6.84. The molecule has 0 saturated heterocycles. The highest BCUT2D eigenvalue weighted by atomic mass is 19.1. The van der Waals surface area contributed by atoms with Crippen LogP contribution in [-0.2, 0) is 9.59 Å². The highest BCUT2D eigenvalue weighted by Gasteiger charge is 2.31. The first kappa shape index (κ1) is 27.2. The fourth-order valence-electron chi connectivity index (χ4n) is 3.90. The lowest BCUT2D eigenvalue weighted by Gasteiger charge is -2.24. The van der Waals surface area contributed by atoms with Gasteiger partial charge in [-0.25, -0.2) is 4.39 Å². The number of carbonyl (C=O) groups is 3. The van der Waals surface area contributed by atoms with Crippen molar-refractivity contribution in [2.45, 2.75) is 39.3 Å². The summed E-state index contributed by atoms with van der Waals surface area (Å²) in [6.45, 7) is 4.92. The first-order valence-electron chi connectivity index (χ1n) is 11.8. The monoisotopic (exact) mass is 507 g/mol. The van der Waals surface area contributed by atoms with Gasteiger partial charge in [0.05, 0.1) is 24.1 Å². The number of hydrogen-bond donors (Lipinski definition) is 5. The molecule has 194 valence electrons. The minimum atomic E-state index is -1.02. The van der Waals surface area contributed by atoms with Gasteiger partial charge in [0.15, 0.2) is 17.5 Å². The maximum Gasteiger partial charge on any atom is 0.280 e. The molecule has 2 aromatic carbocycles. The molecular formula is C28H30FN3O5. The number of Topliss-reactive ketones (excluding diaryl/α,β-unsaturated/α-hetero) is 1. The molecule has 0 fully saturated rings. The standard InChI is InChI=1S/C28H30FN3O5/c1-16(2)24(25(34)23-17(3)26(35)32-28(23)37)31-22(33)15-21(19-12-8-5-9-13-19)30-27(36)20(29)14-18-10-6-4-7-11-18/h4-14,16,21,24,32,35,37H,15H2,1-3H3,(H,30,36)(H,31,33)/t21-,24-/m0/s1. The van der Waals surface area contributed by atoms with Crippen molar-refractivity contribution < 1.29 is 29.0 Å². The molecule has 2 atom stereocenters. The van der Waals surface area contributed by atoms with Crippen molar-refractivity contribution >= 4 is 23.7 Å². The second-order valence-corrected chi connectivity index (χ2v) is 9.02. The Balaban J connectivity index is 1.79. The number of hydrogen-bond acceptors (Lipinski definition) is 5. The number of halogens is 1. The quantitative estimate of drug-likeness (QED) is 0.206. The zero-order valence-electron chi connectivity index (χ0n) is 20.8. The van der Waals surface area contributed by atoms with Gasteiger partial charge in [0.2, 0.25) is 11.8 Å². The van der Waals surface area contributed by atoms with Crippen LogP contribution in [0.1, 0.15) is 53.4 Å². The molecule has 0 bridgehead atoms. The molecule has 0 saturated carbocycles. The van der Waals surface area contributed by atoms with E-state index in [9.17, 15) is 29.0 Å². The number of amides is 2. The van der Waals surface area contributed by atoms with Crippen LogP contribution in [0.3, 0.4) is 0 Å². The summed E-state index contributed by atoms with van der Waals surface area (Å²) in [4.78, 5) is 41.1. The number of benzene rings is 2. The van der Waals surface area contributed by atoms with E-state index in [4.69, 9.17) is 0 Å². The first-order valence-corrected chi connectivity index (χ1v) is 11.8. The van der Waals surface area contributed by atoms with E-state index in [2.05, 4.69) is 15.6 Å². The summed E-state index contributed by atoms with van der Waals surface area (Å²) >= 11 is 0. The van der Waals surface area contributed by atoms with Gasteiger partial charge in [-0.15, -0.1) is 0 Å². The SMILES string of the molecule is Cc1c(O)[nH]c(O)c1C(=O)[C@@H](NC(=O)C[C@H](NC(=O)C(F)=Cc1ccccc1)c1ccccc1)C(C)C.